The molecule has 1 spiro atoms. The van der Waals surface area contributed by atoms with E-state index in [1.807, 2.05) is 19.1 Å². The minimum atomic E-state index is -1.53. The molecular formula is C17H15BrN4O3. The van der Waals surface area contributed by atoms with Crippen LogP contribution in [0.3, 0.4) is 0 Å². The summed E-state index contributed by atoms with van der Waals surface area (Å²) in [6.45, 7) is 2.13. The Balaban J connectivity index is 1.89. The van der Waals surface area contributed by atoms with Gasteiger partial charge in [-0.2, -0.15) is 10.5 Å². The van der Waals surface area contributed by atoms with Crippen LogP contribution >= 0.6 is 15.9 Å². The number of halogens is 1. The van der Waals surface area contributed by atoms with Crippen LogP contribution in [0, 0.1) is 33.5 Å². The quantitative estimate of drug-likeness (QED) is 0.809. The van der Waals surface area contributed by atoms with Gasteiger partial charge in [0.05, 0.1) is 36.4 Å². The molecule has 0 amide bonds. The van der Waals surface area contributed by atoms with Crippen molar-refractivity contribution in [3.05, 3.63) is 28.2 Å². The van der Waals surface area contributed by atoms with Gasteiger partial charge in [-0.05, 0) is 40.5 Å². The normalized spacial score (nSPS) is 40.9. The number of nitrogens with two attached hydrogens (primary N) is 1. The van der Waals surface area contributed by atoms with E-state index in [1.54, 1.807) is 13.2 Å². The molecule has 128 valence electrons. The highest BCUT2D eigenvalue weighted by molar-refractivity contribution is 9.10. The maximum Gasteiger partial charge on any atom is 0.293 e. The van der Waals surface area contributed by atoms with Gasteiger partial charge in [-0.3, -0.25) is 0 Å². The van der Waals surface area contributed by atoms with Gasteiger partial charge in [0.15, 0.2) is 5.41 Å². The molecule has 2 aliphatic heterocycles. The lowest BCUT2D eigenvalue weighted by Gasteiger charge is -2.26. The van der Waals surface area contributed by atoms with E-state index in [-0.39, 0.29) is 11.9 Å². The van der Waals surface area contributed by atoms with E-state index in [9.17, 15) is 10.5 Å². The number of hydrogen-bond donors (Lipinski definition) is 1. The van der Waals surface area contributed by atoms with Gasteiger partial charge in [0, 0.05) is 5.92 Å². The molecule has 1 saturated carbocycles. The van der Waals surface area contributed by atoms with Crippen LogP contribution in [0.25, 0.3) is 0 Å². The summed E-state index contributed by atoms with van der Waals surface area (Å²) in [5.74, 6) is -1.29. The summed E-state index contributed by atoms with van der Waals surface area (Å²) in [7, 11) is 1.57. The zero-order valence-electron chi connectivity index (χ0n) is 13.6. The first-order valence-electron chi connectivity index (χ1n) is 7.76. The molecule has 0 bridgehead atoms. The van der Waals surface area contributed by atoms with Crippen LogP contribution in [-0.2, 0) is 9.47 Å². The standard InChI is InChI=1S/C17H15BrN4O3/c1-9-6-24-17(25-9)16(8-20)13(15(16,7-19)14(21)22-17)10-3-4-12(23-2)11(18)5-10/h3-5,9,13H,6H2,1-2H3,(H2,21,22)/t9-,13-,15-,16-,17+/m1/s1. The molecule has 2 heterocycles. The Kier molecular flexibility index (Phi) is 3.24. The average molecular weight is 403 g/mol. The predicted molar refractivity (Wildman–Crippen MR) is 90.4 cm³/mol. The van der Waals surface area contributed by atoms with Crippen molar-refractivity contribution in [2.75, 3.05) is 13.7 Å². The third kappa shape index (κ3) is 1.63. The van der Waals surface area contributed by atoms with Gasteiger partial charge in [-0.15, -0.1) is 0 Å². The molecule has 2 fully saturated rings. The van der Waals surface area contributed by atoms with Crippen LogP contribution in [-0.4, -0.2) is 31.6 Å². The number of aliphatic imine (C=N–C) groups is 1. The highest BCUT2D eigenvalue weighted by Gasteiger charge is 2.94. The lowest BCUT2D eigenvalue weighted by atomic mass is 9.94. The minimum Gasteiger partial charge on any atom is -0.496 e. The predicted octanol–water partition coefficient (Wildman–Crippen LogP) is 2.03. The van der Waals surface area contributed by atoms with E-state index in [0.29, 0.717) is 12.4 Å². The van der Waals surface area contributed by atoms with Gasteiger partial charge >= 0.3 is 0 Å². The van der Waals surface area contributed by atoms with Crippen molar-refractivity contribution in [1.29, 1.82) is 10.5 Å². The van der Waals surface area contributed by atoms with E-state index in [1.165, 1.54) is 0 Å². The Morgan fingerprint density at radius 3 is 2.68 bits per heavy atom. The first-order chi connectivity index (χ1) is 11.9. The van der Waals surface area contributed by atoms with Crippen LogP contribution in [0.15, 0.2) is 27.7 Å². The summed E-state index contributed by atoms with van der Waals surface area (Å²) >= 11 is 3.45. The van der Waals surface area contributed by atoms with Crippen LogP contribution in [0.1, 0.15) is 18.4 Å². The number of nitriles is 2. The van der Waals surface area contributed by atoms with Gasteiger partial charge in [0.1, 0.15) is 17.0 Å². The molecule has 2 N–H and O–H groups in total. The molecular weight excluding hydrogens is 388 g/mol. The Morgan fingerprint density at radius 1 is 1.40 bits per heavy atom. The molecule has 0 aromatic heterocycles. The summed E-state index contributed by atoms with van der Waals surface area (Å²) in [5, 5.41) is 20.0. The molecule has 5 atom stereocenters. The third-order valence-electron chi connectivity index (χ3n) is 5.31. The molecule has 8 heteroatoms. The average Bonchev–Trinajstić information content (AvgIpc) is 2.99. The molecule has 1 aromatic carbocycles. The monoisotopic (exact) mass is 402 g/mol. The summed E-state index contributed by atoms with van der Waals surface area (Å²) in [5.41, 5.74) is 4.33. The van der Waals surface area contributed by atoms with Crippen molar-refractivity contribution >= 4 is 21.8 Å². The minimum absolute atomic E-state index is 0.0857. The molecule has 1 aromatic rings. The highest BCUT2D eigenvalue weighted by atomic mass is 79.9. The number of benzene rings is 1. The van der Waals surface area contributed by atoms with E-state index in [4.69, 9.17) is 19.9 Å². The van der Waals surface area contributed by atoms with Gasteiger partial charge in [-0.25, -0.2) is 4.99 Å². The molecule has 0 unspecified atom stereocenters. The van der Waals surface area contributed by atoms with Crippen LogP contribution < -0.4 is 10.5 Å². The summed E-state index contributed by atoms with van der Waals surface area (Å²) in [6.07, 6.45) is -0.236. The molecule has 4 rings (SSSR count). The first-order valence-corrected chi connectivity index (χ1v) is 8.55. The SMILES string of the molecule is COc1ccc([C@H]2[C@@]3(C#N)[C@]4(N=C(N)[C@@]23C#N)OC[C@@H](C)O4)cc1Br. The highest BCUT2D eigenvalue weighted by Crippen LogP contribution is 2.82. The van der Waals surface area contributed by atoms with Gasteiger partial charge < -0.3 is 19.9 Å². The molecule has 1 saturated heterocycles. The molecule has 0 radical (unpaired) electrons. The van der Waals surface area contributed by atoms with Gasteiger partial charge in [0.2, 0.25) is 0 Å². The number of methoxy groups -OCH3 is 1. The second-order valence-electron chi connectivity index (χ2n) is 6.48. The van der Waals surface area contributed by atoms with Crippen molar-refractivity contribution in [3.63, 3.8) is 0 Å². The molecule has 3 aliphatic rings. The fourth-order valence-corrected chi connectivity index (χ4v) is 4.78. The van der Waals surface area contributed by atoms with Crippen LogP contribution in [0.4, 0.5) is 0 Å². The van der Waals surface area contributed by atoms with Crippen molar-refractivity contribution in [1.82, 2.24) is 0 Å². The van der Waals surface area contributed by atoms with E-state index in [2.05, 4.69) is 33.1 Å². The van der Waals surface area contributed by atoms with E-state index in [0.717, 1.165) is 10.0 Å². The number of fused-ring (bicyclic) bond motifs is 2. The van der Waals surface area contributed by atoms with Crippen molar-refractivity contribution in [2.45, 2.75) is 24.9 Å². The van der Waals surface area contributed by atoms with Crippen molar-refractivity contribution < 1.29 is 14.2 Å². The molecule has 25 heavy (non-hydrogen) atoms. The number of hydrogen-bond acceptors (Lipinski definition) is 7. The van der Waals surface area contributed by atoms with E-state index >= 15 is 0 Å². The number of amidine groups is 1. The largest absolute Gasteiger partial charge is 0.496 e. The van der Waals surface area contributed by atoms with Gasteiger partial charge in [-0.1, -0.05) is 6.07 Å². The third-order valence-corrected chi connectivity index (χ3v) is 5.93. The second kappa shape index (κ2) is 4.95. The van der Waals surface area contributed by atoms with Crippen LogP contribution in [0.2, 0.25) is 0 Å². The topological polar surface area (TPSA) is 114 Å². The van der Waals surface area contributed by atoms with Crippen LogP contribution in [0.5, 0.6) is 5.75 Å². The summed E-state index contributed by atoms with van der Waals surface area (Å²) in [4.78, 5) is 4.29. The fourth-order valence-electron chi connectivity index (χ4n) is 4.22. The van der Waals surface area contributed by atoms with Crippen molar-refractivity contribution in [2.24, 2.45) is 21.6 Å². The lowest BCUT2D eigenvalue weighted by Crippen LogP contribution is -2.39. The maximum absolute atomic E-state index is 10.1. The number of ether oxygens (including phenoxy) is 3. The maximum atomic E-state index is 10.1. The van der Waals surface area contributed by atoms with E-state index < -0.39 is 22.7 Å². The zero-order valence-corrected chi connectivity index (χ0v) is 15.2. The summed E-state index contributed by atoms with van der Waals surface area (Å²) in [6, 6.07) is 9.94. The smallest absolute Gasteiger partial charge is 0.293 e. The Bertz CT molecular complexity index is 891. The van der Waals surface area contributed by atoms with Gasteiger partial charge in [0.25, 0.3) is 5.91 Å². The summed E-state index contributed by atoms with van der Waals surface area (Å²) < 4.78 is 17.6. The van der Waals surface area contributed by atoms with Crippen molar-refractivity contribution in [3.8, 4) is 17.9 Å². The Morgan fingerprint density at radius 2 is 2.16 bits per heavy atom. The second-order valence-corrected chi connectivity index (χ2v) is 7.34. The zero-order chi connectivity index (χ0) is 18.0. The fraction of sp³-hybridized carbons (Fsp3) is 0.471. The Labute approximate surface area is 153 Å². The Hall–Kier alpha value is -2.13. The first kappa shape index (κ1) is 16.3. The molecule has 1 aliphatic carbocycles. The molecule has 7 nitrogen and oxygen atoms in total. The lowest BCUT2D eigenvalue weighted by molar-refractivity contribution is -0.193. The number of nitrogens with zero attached hydrogens (tertiary/aromatic N) is 3. The number of rotatable bonds is 2.